The quantitative estimate of drug-likeness (QED) is 0.765. The second-order valence-electron chi connectivity index (χ2n) is 5.27. The molecule has 0 radical (unpaired) electrons. The molecule has 3 aromatic rings. The van der Waals surface area contributed by atoms with E-state index in [-0.39, 0.29) is 5.56 Å². The molecule has 7 heteroatoms. The highest BCUT2D eigenvalue weighted by molar-refractivity contribution is 7.22. The Morgan fingerprint density at radius 1 is 1.33 bits per heavy atom. The number of rotatable bonds is 5. The van der Waals surface area contributed by atoms with Gasteiger partial charge in [-0.25, -0.2) is 9.59 Å². The topological polar surface area (TPSA) is 80.0 Å². The Hall–Kier alpha value is -2.80. The summed E-state index contributed by atoms with van der Waals surface area (Å²) in [6, 6.07) is 10.8. The minimum atomic E-state index is -1.29. The summed E-state index contributed by atoms with van der Waals surface area (Å²) in [5.41, 5.74) is 0.269. The van der Waals surface area contributed by atoms with Gasteiger partial charge in [-0.05, 0) is 23.8 Å². The van der Waals surface area contributed by atoms with E-state index in [1.165, 1.54) is 17.4 Å². The molecule has 6 nitrogen and oxygen atoms in total. The van der Waals surface area contributed by atoms with Crippen molar-refractivity contribution in [3.63, 3.8) is 0 Å². The van der Waals surface area contributed by atoms with Crippen molar-refractivity contribution in [3.8, 4) is 5.75 Å². The zero-order valence-electron chi connectivity index (χ0n) is 13.1. The minimum absolute atomic E-state index is 0.355. The number of ether oxygens (including phenoxy) is 1. The number of hydrogen-bond acceptors (Lipinski definition) is 6. The Bertz CT molecular complexity index is 959. The van der Waals surface area contributed by atoms with Crippen LogP contribution in [0.1, 0.15) is 15.9 Å². The summed E-state index contributed by atoms with van der Waals surface area (Å²) >= 11 is 1.37. The van der Waals surface area contributed by atoms with Crippen LogP contribution in [0.25, 0.3) is 10.3 Å². The van der Waals surface area contributed by atoms with Crippen molar-refractivity contribution in [1.82, 2.24) is 0 Å². The van der Waals surface area contributed by atoms with Gasteiger partial charge < -0.3 is 19.2 Å². The van der Waals surface area contributed by atoms with Crippen LogP contribution in [0.5, 0.6) is 5.75 Å². The SMILES string of the molecule is COc1cccc(CN(C)c2cc3oc(=O)c(C(=O)O)cc3s2)c1. The first-order valence-electron chi connectivity index (χ1n) is 7.13. The Morgan fingerprint density at radius 2 is 2.12 bits per heavy atom. The second-order valence-corrected chi connectivity index (χ2v) is 6.34. The van der Waals surface area contributed by atoms with E-state index in [9.17, 15) is 9.59 Å². The van der Waals surface area contributed by atoms with Crippen molar-refractivity contribution < 1.29 is 19.1 Å². The number of thiophene rings is 1. The van der Waals surface area contributed by atoms with Crippen molar-refractivity contribution in [1.29, 1.82) is 0 Å². The number of anilines is 1. The van der Waals surface area contributed by atoms with Crippen LogP contribution in [0.15, 0.2) is 45.6 Å². The van der Waals surface area contributed by atoms with E-state index in [1.54, 1.807) is 13.2 Å². The Kier molecular flexibility index (Phi) is 4.26. The molecule has 1 aromatic carbocycles. The highest BCUT2D eigenvalue weighted by Crippen LogP contribution is 2.32. The number of benzene rings is 1. The van der Waals surface area contributed by atoms with Crippen LogP contribution in [-0.4, -0.2) is 25.2 Å². The molecule has 0 amide bonds. The standard InChI is InChI=1S/C17H15NO5S/c1-18(9-10-4-3-5-11(6-10)22-2)15-8-13-14(24-15)7-12(16(19)20)17(21)23-13/h3-8H,9H2,1-2H3,(H,19,20). The second kappa shape index (κ2) is 6.37. The number of carboxylic acids is 1. The van der Waals surface area contributed by atoms with Gasteiger partial charge in [-0.3, -0.25) is 0 Å². The fourth-order valence-electron chi connectivity index (χ4n) is 2.36. The summed E-state index contributed by atoms with van der Waals surface area (Å²) in [4.78, 5) is 24.7. The third-order valence-corrected chi connectivity index (χ3v) is 4.75. The van der Waals surface area contributed by atoms with Gasteiger partial charge in [0.1, 0.15) is 11.3 Å². The summed E-state index contributed by atoms with van der Waals surface area (Å²) in [5.74, 6) is -0.500. The van der Waals surface area contributed by atoms with Crippen molar-refractivity contribution in [2.45, 2.75) is 6.54 Å². The van der Waals surface area contributed by atoms with Crippen LogP contribution in [-0.2, 0) is 6.54 Å². The van der Waals surface area contributed by atoms with Gasteiger partial charge in [-0.15, -0.1) is 11.3 Å². The molecule has 0 saturated carbocycles. The van der Waals surface area contributed by atoms with Gasteiger partial charge in [0.15, 0.2) is 5.58 Å². The van der Waals surface area contributed by atoms with Crippen LogP contribution in [0.2, 0.25) is 0 Å². The van der Waals surface area contributed by atoms with E-state index in [0.29, 0.717) is 16.8 Å². The van der Waals surface area contributed by atoms with Crippen LogP contribution >= 0.6 is 11.3 Å². The maximum Gasteiger partial charge on any atom is 0.351 e. The van der Waals surface area contributed by atoms with Gasteiger partial charge in [0.05, 0.1) is 16.8 Å². The predicted molar refractivity (Wildman–Crippen MR) is 92.4 cm³/mol. The summed E-state index contributed by atoms with van der Waals surface area (Å²) in [7, 11) is 3.54. The monoisotopic (exact) mass is 345 g/mol. The highest BCUT2D eigenvalue weighted by atomic mass is 32.1. The smallest absolute Gasteiger partial charge is 0.351 e. The molecular weight excluding hydrogens is 330 g/mol. The van der Waals surface area contributed by atoms with Crippen LogP contribution in [0.4, 0.5) is 5.00 Å². The van der Waals surface area contributed by atoms with Crippen molar-refractivity contribution in [2.75, 3.05) is 19.1 Å². The Labute approximate surface area is 141 Å². The molecule has 24 heavy (non-hydrogen) atoms. The van der Waals surface area contributed by atoms with E-state index in [4.69, 9.17) is 14.3 Å². The molecule has 2 aromatic heterocycles. The fourth-order valence-corrected chi connectivity index (χ4v) is 3.35. The van der Waals surface area contributed by atoms with Crippen LogP contribution in [0, 0.1) is 0 Å². The maximum atomic E-state index is 11.6. The normalized spacial score (nSPS) is 10.8. The third kappa shape index (κ3) is 3.11. The number of carboxylic acid groups (broad SMARTS) is 1. The molecule has 0 aliphatic rings. The van der Waals surface area contributed by atoms with Crippen molar-refractivity contribution in [2.24, 2.45) is 0 Å². The molecule has 1 N–H and O–H groups in total. The summed E-state index contributed by atoms with van der Waals surface area (Å²) in [5, 5.41) is 9.88. The number of nitrogens with zero attached hydrogens (tertiary/aromatic N) is 1. The molecule has 3 rings (SSSR count). The van der Waals surface area contributed by atoms with Crippen molar-refractivity contribution >= 4 is 32.6 Å². The lowest BCUT2D eigenvalue weighted by Crippen LogP contribution is -2.14. The molecule has 0 unspecified atom stereocenters. The average molecular weight is 345 g/mol. The van der Waals surface area contributed by atoms with E-state index >= 15 is 0 Å². The van der Waals surface area contributed by atoms with Gasteiger partial charge in [-0.2, -0.15) is 0 Å². The lowest BCUT2D eigenvalue weighted by atomic mass is 10.2. The van der Waals surface area contributed by atoms with Crippen LogP contribution < -0.4 is 15.3 Å². The molecule has 0 fully saturated rings. The fraction of sp³-hybridized carbons (Fsp3) is 0.176. The first kappa shape index (κ1) is 16.1. The van der Waals surface area contributed by atoms with E-state index < -0.39 is 11.6 Å². The lowest BCUT2D eigenvalue weighted by molar-refractivity contribution is 0.0692. The molecule has 124 valence electrons. The number of hydrogen-bond donors (Lipinski definition) is 1. The largest absolute Gasteiger partial charge is 0.497 e. The molecule has 0 aliphatic carbocycles. The van der Waals surface area contributed by atoms with Gasteiger partial charge in [0.2, 0.25) is 0 Å². The van der Waals surface area contributed by atoms with Gasteiger partial charge in [-0.1, -0.05) is 12.1 Å². The Balaban J connectivity index is 1.91. The van der Waals surface area contributed by atoms with E-state index in [0.717, 1.165) is 16.3 Å². The molecule has 0 aliphatic heterocycles. The first-order chi connectivity index (χ1) is 11.5. The molecule has 0 saturated heterocycles. The molecule has 0 spiro atoms. The van der Waals surface area contributed by atoms with Gasteiger partial charge >= 0.3 is 11.6 Å². The molecule has 2 heterocycles. The zero-order valence-corrected chi connectivity index (χ0v) is 13.9. The zero-order chi connectivity index (χ0) is 17.3. The first-order valence-corrected chi connectivity index (χ1v) is 7.94. The number of aromatic carboxylic acids is 1. The lowest BCUT2D eigenvalue weighted by Gasteiger charge is -2.17. The number of fused-ring (bicyclic) bond motifs is 1. The third-order valence-electron chi connectivity index (χ3n) is 3.57. The summed E-state index contributed by atoms with van der Waals surface area (Å²) in [6.45, 7) is 0.639. The predicted octanol–water partition coefficient (Wildman–Crippen LogP) is 3.20. The Morgan fingerprint density at radius 3 is 2.83 bits per heavy atom. The number of carbonyl (C=O) groups is 1. The van der Waals surface area contributed by atoms with Gasteiger partial charge in [0, 0.05) is 19.7 Å². The van der Waals surface area contributed by atoms with Gasteiger partial charge in [0.25, 0.3) is 0 Å². The van der Waals surface area contributed by atoms with E-state index in [1.807, 2.05) is 36.2 Å². The number of methoxy groups -OCH3 is 1. The minimum Gasteiger partial charge on any atom is -0.497 e. The highest BCUT2D eigenvalue weighted by Gasteiger charge is 2.15. The average Bonchev–Trinajstić information content (AvgIpc) is 2.97. The van der Waals surface area contributed by atoms with Crippen LogP contribution in [0.3, 0.4) is 0 Å². The molecule has 0 bridgehead atoms. The molecular formula is C17H15NO5S. The summed E-state index contributed by atoms with van der Waals surface area (Å²) in [6.07, 6.45) is 0. The van der Waals surface area contributed by atoms with Crippen molar-refractivity contribution in [3.05, 3.63) is 57.9 Å². The summed E-state index contributed by atoms with van der Waals surface area (Å²) < 4.78 is 10.9. The maximum absolute atomic E-state index is 11.6. The van der Waals surface area contributed by atoms with E-state index in [2.05, 4.69) is 0 Å². The molecule has 0 atom stereocenters.